The maximum absolute atomic E-state index is 12.1. The molecule has 3 amide bonds. The van der Waals surface area contributed by atoms with Crippen molar-refractivity contribution in [2.45, 2.75) is 6.92 Å². The minimum Gasteiger partial charge on any atom is -0.497 e. The van der Waals surface area contributed by atoms with E-state index in [1.54, 1.807) is 67.8 Å². The van der Waals surface area contributed by atoms with E-state index >= 15 is 0 Å². The number of hydrazone groups is 1. The van der Waals surface area contributed by atoms with Crippen LogP contribution in [0.1, 0.15) is 11.1 Å². The average Bonchev–Trinajstić information content (AvgIpc) is 2.85. The van der Waals surface area contributed by atoms with Crippen molar-refractivity contribution in [2.24, 2.45) is 5.10 Å². The number of methoxy groups -OCH3 is 1. The SMILES string of the molecule is COc1ccc(NC(=O)COc2cccc(/C=N\NC(=O)C(=O)Nc3ccccc3C)c2)cc1. The van der Waals surface area contributed by atoms with Gasteiger partial charge in [0.25, 0.3) is 5.91 Å². The lowest BCUT2D eigenvalue weighted by atomic mass is 10.2. The molecular formula is C25H24N4O5. The van der Waals surface area contributed by atoms with E-state index in [0.717, 1.165) is 5.56 Å². The summed E-state index contributed by atoms with van der Waals surface area (Å²) in [4.78, 5) is 36.1. The molecule has 3 aromatic rings. The van der Waals surface area contributed by atoms with Crippen LogP contribution < -0.4 is 25.5 Å². The van der Waals surface area contributed by atoms with Gasteiger partial charge in [-0.2, -0.15) is 5.10 Å². The van der Waals surface area contributed by atoms with Crippen molar-refractivity contribution in [3.05, 3.63) is 83.9 Å². The van der Waals surface area contributed by atoms with Crippen LogP contribution in [0.3, 0.4) is 0 Å². The molecule has 0 spiro atoms. The number of benzene rings is 3. The Labute approximate surface area is 196 Å². The molecule has 0 fully saturated rings. The molecule has 0 heterocycles. The van der Waals surface area contributed by atoms with Crippen LogP contribution in [0.5, 0.6) is 11.5 Å². The summed E-state index contributed by atoms with van der Waals surface area (Å²) in [5.41, 5.74) is 4.79. The third-order valence-corrected chi connectivity index (χ3v) is 4.58. The summed E-state index contributed by atoms with van der Waals surface area (Å²) in [6.07, 6.45) is 1.36. The van der Waals surface area contributed by atoms with Crippen LogP contribution in [0.25, 0.3) is 0 Å². The summed E-state index contributed by atoms with van der Waals surface area (Å²) >= 11 is 0. The third-order valence-electron chi connectivity index (χ3n) is 4.58. The molecule has 0 aromatic heterocycles. The Bertz CT molecular complexity index is 1190. The van der Waals surface area contributed by atoms with Crippen molar-refractivity contribution in [1.29, 1.82) is 0 Å². The number of hydrogen-bond donors (Lipinski definition) is 3. The number of hydrogen-bond acceptors (Lipinski definition) is 6. The van der Waals surface area contributed by atoms with Gasteiger partial charge in [0.2, 0.25) is 0 Å². The van der Waals surface area contributed by atoms with E-state index in [-0.39, 0.29) is 12.5 Å². The van der Waals surface area contributed by atoms with Gasteiger partial charge in [0.05, 0.1) is 13.3 Å². The largest absolute Gasteiger partial charge is 0.497 e. The van der Waals surface area contributed by atoms with Crippen LogP contribution in [-0.4, -0.2) is 37.7 Å². The molecule has 0 bridgehead atoms. The van der Waals surface area contributed by atoms with Crippen LogP contribution in [0.15, 0.2) is 77.9 Å². The predicted molar refractivity (Wildman–Crippen MR) is 129 cm³/mol. The Kier molecular flexibility index (Phi) is 8.34. The molecule has 3 aromatic carbocycles. The molecule has 0 saturated heterocycles. The predicted octanol–water partition coefficient (Wildman–Crippen LogP) is 3.11. The van der Waals surface area contributed by atoms with Crippen molar-refractivity contribution in [1.82, 2.24) is 5.43 Å². The second kappa shape index (κ2) is 11.8. The van der Waals surface area contributed by atoms with Gasteiger partial charge in [0.15, 0.2) is 6.61 Å². The zero-order valence-corrected chi connectivity index (χ0v) is 18.7. The lowest BCUT2D eigenvalue weighted by Crippen LogP contribution is -2.32. The fourth-order valence-corrected chi connectivity index (χ4v) is 2.81. The lowest BCUT2D eigenvalue weighted by Gasteiger charge is -2.08. The highest BCUT2D eigenvalue weighted by Crippen LogP contribution is 2.16. The van der Waals surface area contributed by atoms with Crippen LogP contribution in [0, 0.1) is 6.92 Å². The Hall–Kier alpha value is -4.66. The first kappa shape index (κ1) is 24.0. The number of rotatable bonds is 8. The molecule has 0 saturated carbocycles. The highest BCUT2D eigenvalue weighted by atomic mass is 16.5. The number of carbonyl (C=O) groups is 3. The third kappa shape index (κ3) is 7.20. The quantitative estimate of drug-likeness (QED) is 0.271. The molecule has 3 rings (SSSR count). The van der Waals surface area contributed by atoms with Crippen LogP contribution >= 0.6 is 0 Å². The number of ether oxygens (including phenoxy) is 2. The maximum atomic E-state index is 12.1. The van der Waals surface area contributed by atoms with Crippen molar-refractivity contribution in [3.63, 3.8) is 0 Å². The lowest BCUT2D eigenvalue weighted by molar-refractivity contribution is -0.136. The normalized spacial score (nSPS) is 10.4. The molecule has 0 aliphatic carbocycles. The van der Waals surface area contributed by atoms with Crippen LogP contribution in [0.2, 0.25) is 0 Å². The second-order valence-corrected chi connectivity index (χ2v) is 7.11. The van der Waals surface area contributed by atoms with E-state index < -0.39 is 11.8 Å². The molecule has 0 aliphatic heterocycles. The molecule has 3 N–H and O–H groups in total. The Balaban J connectivity index is 1.47. The number of nitrogens with zero attached hydrogens (tertiary/aromatic N) is 1. The maximum Gasteiger partial charge on any atom is 0.329 e. The fourth-order valence-electron chi connectivity index (χ4n) is 2.81. The van der Waals surface area contributed by atoms with Gasteiger partial charge in [-0.1, -0.05) is 30.3 Å². The number of anilines is 2. The molecule has 34 heavy (non-hydrogen) atoms. The first-order valence-electron chi connectivity index (χ1n) is 10.3. The number of nitrogens with one attached hydrogen (secondary N) is 3. The van der Waals surface area contributed by atoms with Crippen molar-refractivity contribution in [2.75, 3.05) is 24.4 Å². The van der Waals surface area contributed by atoms with E-state index in [0.29, 0.717) is 28.4 Å². The monoisotopic (exact) mass is 460 g/mol. The smallest absolute Gasteiger partial charge is 0.329 e. The fraction of sp³-hybridized carbons (Fsp3) is 0.120. The molecular weight excluding hydrogens is 436 g/mol. The number of carbonyl (C=O) groups excluding carboxylic acids is 3. The number of amides is 3. The van der Waals surface area contributed by atoms with Crippen molar-refractivity contribution < 1.29 is 23.9 Å². The van der Waals surface area contributed by atoms with E-state index in [4.69, 9.17) is 9.47 Å². The summed E-state index contributed by atoms with van der Waals surface area (Å²) < 4.78 is 10.6. The second-order valence-electron chi connectivity index (χ2n) is 7.11. The summed E-state index contributed by atoms with van der Waals surface area (Å²) in [7, 11) is 1.57. The van der Waals surface area contributed by atoms with Gasteiger partial charge in [0.1, 0.15) is 11.5 Å². The topological polar surface area (TPSA) is 118 Å². The first-order chi connectivity index (χ1) is 16.4. The Morgan fingerprint density at radius 2 is 1.65 bits per heavy atom. The molecule has 9 nitrogen and oxygen atoms in total. The van der Waals surface area contributed by atoms with Crippen molar-refractivity contribution in [3.8, 4) is 11.5 Å². The van der Waals surface area contributed by atoms with Gasteiger partial charge in [-0.05, 0) is 60.5 Å². The first-order valence-corrected chi connectivity index (χ1v) is 10.3. The molecule has 0 aliphatic rings. The number of aryl methyl sites for hydroxylation is 1. The van der Waals surface area contributed by atoms with Gasteiger partial charge in [-0.25, -0.2) is 5.43 Å². The standard InChI is InChI=1S/C25H24N4O5/c1-17-6-3-4-9-22(17)28-24(31)25(32)29-26-15-18-7-5-8-21(14-18)34-16-23(30)27-19-10-12-20(33-2)13-11-19/h3-15H,16H2,1-2H3,(H,27,30)(H,28,31)(H,29,32)/b26-15-. The van der Waals surface area contributed by atoms with Crippen molar-refractivity contribution >= 4 is 35.3 Å². The zero-order valence-electron chi connectivity index (χ0n) is 18.7. The molecule has 9 heteroatoms. The van der Waals surface area contributed by atoms with Gasteiger partial charge in [-0.3, -0.25) is 14.4 Å². The van der Waals surface area contributed by atoms with Crippen LogP contribution in [0.4, 0.5) is 11.4 Å². The van der Waals surface area contributed by atoms with Gasteiger partial charge in [0, 0.05) is 11.4 Å². The summed E-state index contributed by atoms with van der Waals surface area (Å²) in [5.74, 6) is -0.919. The Morgan fingerprint density at radius 1 is 0.882 bits per heavy atom. The zero-order chi connectivity index (χ0) is 24.3. The minimum atomic E-state index is -0.901. The summed E-state index contributed by atoms with van der Waals surface area (Å²) in [6.45, 7) is 1.63. The van der Waals surface area contributed by atoms with E-state index in [1.165, 1.54) is 6.21 Å². The van der Waals surface area contributed by atoms with Gasteiger partial charge >= 0.3 is 11.8 Å². The molecule has 0 atom stereocenters. The van der Waals surface area contributed by atoms with E-state index in [2.05, 4.69) is 21.2 Å². The summed E-state index contributed by atoms with van der Waals surface area (Å²) in [6, 6.07) is 20.8. The molecule has 0 unspecified atom stereocenters. The molecule has 0 radical (unpaired) electrons. The molecule has 174 valence electrons. The minimum absolute atomic E-state index is 0.192. The number of para-hydroxylation sites is 1. The Morgan fingerprint density at radius 3 is 2.38 bits per heavy atom. The highest BCUT2D eigenvalue weighted by molar-refractivity contribution is 6.39. The van der Waals surface area contributed by atoms with Crippen LogP contribution in [-0.2, 0) is 14.4 Å². The van der Waals surface area contributed by atoms with Gasteiger partial charge in [-0.15, -0.1) is 0 Å². The van der Waals surface area contributed by atoms with E-state index in [1.807, 2.05) is 19.1 Å². The average molecular weight is 460 g/mol. The van der Waals surface area contributed by atoms with Gasteiger partial charge < -0.3 is 20.1 Å². The highest BCUT2D eigenvalue weighted by Gasteiger charge is 2.13. The summed E-state index contributed by atoms with van der Waals surface area (Å²) in [5, 5.41) is 9.06. The van der Waals surface area contributed by atoms with E-state index in [9.17, 15) is 14.4 Å².